The first-order chi connectivity index (χ1) is 5.41. The predicted molar refractivity (Wildman–Crippen MR) is 44.3 cm³/mol. The Morgan fingerprint density at radius 2 is 0.727 bits per heavy atom. The molecule has 0 rings (SSSR count). The minimum absolute atomic E-state index is 0.190. The van der Waals surface area contributed by atoms with Gasteiger partial charge >= 0.3 is 0 Å². The van der Waals surface area contributed by atoms with Crippen molar-refractivity contribution >= 4 is 0 Å². The Kier molecular flexibility index (Phi) is 9.73. The second kappa shape index (κ2) is 9.86. The summed E-state index contributed by atoms with van der Waals surface area (Å²) in [5.41, 5.74) is 0. The van der Waals surface area contributed by atoms with Gasteiger partial charge in [0.1, 0.15) is 0 Å². The van der Waals surface area contributed by atoms with Crippen LogP contribution in [-0.2, 0) is 0 Å². The van der Waals surface area contributed by atoms with Crippen molar-refractivity contribution in [1.29, 1.82) is 0 Å². The first kappa shape index (κ1) is 10.9. The van der Waals surface area contributed by atoms with Gasteiger partial charge in [-0.15, -0.1) is 0 Å². The maximum atomic E-state index is 11.6. The van der Waals surface area contributed by atoms with Crippen molar-refractivity contribution in [3.05, 3.63) is 0 Å². The van der Waals surface area contributed by atoms with Crippen LogP contribution in [0.4, 0.5) is 8.78 Å². The van der Waals surface area contributed by atoms with Gasteiger partial charge in [0.05, 0.1) is 13.3 Å². The van der Waals surface area contributed by atoms with Gasteiger partial charge in [-0.3, -0.25) is 8.78 Å². The largest absolute Gasteiger partial charge is 0.251 e. The number of alkyl halides is 2. The molecule has 0 amide bonds. The van der Waals surface area contributed by atoms with Gasteiger partial charge in [-0.1, -0.05) is 32.1 Å². The van der Waals surface area contributed by atoms with Gasteiger partial charge in [0, 0.05) is 0 Å². The summed E-state index contributed by atoms with van der Waals surface area (Å²) in [6, 6.07) is 0. The third-order valence-electron chi connectivity index (χ3n) is 1.77. The standard InChI is InChI=1S/C9H18F2/c10-8-6-4-2-1-3-5-7-9-11/h1-9H2. The summed E-state index contributed by atoms with van der Waals surface area (Å²) in [4.78, 5) is 0. The Bertz CT molecular complexity index is 56.6. The van der Waals surface area contributed by atoms with Crippen molar-refractivity contribution in [1.82, 2.24) is 0 Å². The Morgan fingerprint density at radius 1 is 0.455 bits per heavy atom. The molecule has 0 aliphatic rings. The molecule has 0 bridgehead atoms. The average molecular weight is 164 g/mol. The smallest absolute Gasteiger partial charge is 0.0894 e. The van der Waals surface area contributed by atoms with Crippen LogP contribution in [0.1, 0.15) is 44.9 Å². The third kappa shape index (κ3) is 9.86. The van der Waals surface area contributed by atoms with Crippen molar-refractivity contribution in [3.8, 4) is 0 Å². The van der Waals surface area contributed by atoms with Gasteiger partial charge in [0.15, 0.2) is 0 Å². The molecular formula is C9H18F2. The molecule has 0 aromatic rings. The van der Waals surface area contributed by atoms with Crippen molar-refractivity contribution in [2.75, 3.05) is 13.3 Å². The van der Waals surface area contributed by atoms with Crippen molar-refractivity contribution in [2.45, 2.75) is 44.9 Å². The SMILES string of the molecule is FCCCCCCCCCF. The van der Waals surface area contributed by atoms with Gasteiger partial charge < -0.3 is 0 Å². The Hall–Kier alpha value is -0.140. The van der Waals surface area contributed by atoms with Gasteiger partial charge in [-0.2, -0.15) is 0 Å². The molecule has 11 heavy (non-hydrogen) atoms. The normalized spacial score (nSPS) is 10.4. The van der Waals surface area contributed by atoms with Crippen LogP contribution in [0.25, 0.3) is 0 Å². The van der Waals surface area contributed by atoms with Crippen LogP contribution < -0.4 is 0 Å². The van der Waals surface area contributed by atoms with Crippen molar-refractivity contribution in [3.63, 3.8) is 0 Å². The van der Waals surface area contributed by atoms with Crippen LogP contribution in [0.2, 0.25) is 0 Å². The van der Waals surface area contributed by atoms with Crippen LogP contribution in [0.3, 0.4) is 0 Å². The summed E-state index contributed by atoms with van der Waals surface area (Å²) in [5, 5.41) is 0. The molecular weight excluding hydrogens is 146 g/mol. The molecule has 0 saturated carbocycles. The molecule has 0 fully saturated rings. The van der Waals surface area contributed by atoms with Crippen LogP contribution in [0.15, 0.2) is 0 Å². The molecule has 0 aliphatic carbocycles. The summed E-state index contributed by atoms with van der Waals surface area (Å²) in [6.07, 6.45) is 6.73. The molecule has 0 aromatic heterocycles. The minimum Gasteiger partial charge on any atom is -0.251 e. The highest BCUT2D eigenvalue weighted by Gasteiger charge is 1.90. The van der Waals surface area contributed by atoms with E-state index in [1.165, 1.54) is 0 Å². The van der Waals surface area contributed by atoms with E-state index in [1.54, 1.807) is 0 Å². The van der Waals surface area contributed by atoms with Gasteiger partial charge in [0.25, 0.3) is 0 Å². The van der Waals surface area contributed by atoms with Crippen molar-refractivity contribution < 1.29 is 8.78 Å². The first-order valence-electron chi connectivity index (χ1n) is 4.53. The Morgan fingerprint density at radius 3 is 1.00 bits per heavy atom. The van der Waals surface area contributed by atoms with E-state index in [9.17, 15) is 8.78 Å². The fourth-order valence-corrected chi connectivity index (χ4v) is 1.07. The fourth-order valence-electron chi connectivity index (χ4n) is 1.07. The summed E-state index contributed by atoms with van der Waals surface area (Å²) in [6.45, 7) is -0.380. The molecule has 0 aliphatic heterocycles. The lowest BCUT2D eigenvalue weighted by molar-refractivity contribution is 0.436. The number of unbranched alkanes of at least 4 members (excludes halogenated alkanes) is 6. The van der Waals surface area contributed by atoms with Crippen molar-refractivity contribution in [2.24, 2.45) is 0 Å². The number of hydrogen-bond acceptors (Lipinski definition) is 0. The van der Waals surface area contributed by atoms with E-state index in [1.807, 2.05) is 0 Å². The number of rotatable bonds is 8. The zero-order chi connectivity index (χ0) is 8.36. The monoisotopic (exact) mass is 164 g/mol. The second-order valence-electron chi connectivity index (χ2n) is 2.85. The van der Waals surface area contributed by atoms with E-state index in [4.69, 9.17) is 0 Å². The summed E-state index contributed by atoms with van der Waals surface area (Å²) in [7, 11) is 0. The van der Waals surface area contributed by atoms with Crippen LogP contribution in [-0.4, -0.2) is 13.3 Å². The quantitative estimate of drug-likeness (QED) is 0.480. The van der Waals surface area contributed by atoms with E-state index in [0.29, 0.717) is 12.8 Å². The average Bonchev–Trinajstić information content (AvgIpc) is 2.03. The Balaban J connectivity index is 2.69. The second-order valence-corrected chi connectivity index (χ2v) is 2.85. The van der Waals surface area contributed by atoms with Crippen LogP contribution >= 0.6 is 0 Å². The first-order valence-corrected chi connectivity index (χ1v) is 4.53. The van der Waals surface area contributed by atoms with E-state index in [2.05, 4.69) is 0 Å². The van der Waals surface area contributed by atoms with E-state index < -0.39 is 0 Å². The molecule has 0 saturated heterocycles. The van der Waals surface area contributed by atoms with Gasteiger partial charge in [0.2, 0.25) is 0 Å². The lowest BCUT2D eigenvalue weighted by Crippen LogP contribution is -1.82. The molecule has 0 aromatic carbocycles. The maximum absolute atomic E-state index is 11.6. The topological polar surface area (TPSA) is 0 Å². The molecule has 2 heteroatoms. The fraction of sp³-hybridized carbons (Fsp3) is 1.00. The molecule has 0 radical (unpaired) electrons. The highest BCUT2D eigenvalue weighted by atomic mass is 19.1. The van der Waals surface area contributed by atoms with Gasteiger partial charge in [-0.05, 0) is 12.8 Å². The lowest BCUT2D eigenvalue weighted by atomic mass is 10.1. The molecule has 0 heterocycles. The van der Waals surface area contributed by atoms with E-state index >= 15 is 0 Å². The molecule has 68 valence electrons. The minimum atomic E-state index is -0.190. The zero-order valence-corrected chi connectivity index (χ0v) is 7.12. The molecule has 0 spiro atoms. The van der Waals surface area contributed by atoms with Crippen LogP contribution in [0.5, 0.6) is 0 Å². The van der Waals surface area contributed by atoms with Gasteiger partial charge in [-0.25, -0.2) is 0 Å². The molecule has 0 unspecified atom stereocenters. The van der Waals surface area contributed by atoms with E-state index in [0.717, 1.165) is 32.1 Å². The molecule has 0 N–H and O–H groups in total. The highest BCUT2D eigenvalue weighted by molar-refractivity contribution is 4.44. The summed E-state index contributed by atoms with van der Waals surface area (Å²) < 4.78 is 23.1. The zero-order valence-electron chi connectivity index (χ0n) is 7.12. The Labute approximate surface area is 68.0 Å². The number of hydrogen-bond donors (Lipinski definition) is 0. The summed E-state index contributed by atoms with van der Waals surface area (Å²) in [5.74, 6) is 0. The molecule has 0 nitrogen and oxygen atoms in total. The van der Waals surface area contributed by atoms with E-state index in [-0.39, 0.29) is 13.3 Å². The van der Waals surface area contributed by atoms with Crippen LogP contribution in [0, 0.1) is 0 Å². The molecule has 0 atom stereocenters. The maximum Gasteiger partial charge on any atom is 0.0894 e. The number of halogens is 2. The summed E-state index contributed by atoms with van der Waals surface area (Å²) >= 11 is 0. The predicted octanol–water partition coefficient (Wildman–Crippen LogP) is 3.66. The highest BCUT2D eigenvalue weighted by Crippen LogP contribution is 2.06. The lowest BCUT2D eigenvalue weighted by Gasteiger charge is -1.97. The third-order valence-corrected chi connectivity index (χ3v) is 1.77.